The van der Waals surface area contributed by atoms with Crippen molar-refractivity contribution in [2.75, 3.05) is 13.2 Å². The Labute approximate surface area is 242 Å². The zero-order valence-electron chi connectivity index (χ0n) is 26.2. The van der Waals surface area contributed by atoms with E-state index in [4.69, 9.17) is 9.47 Å². The van der Waals surface area contributed by atoms with Gasteiger partial charge in [0.15, 0.2) is 6.10 Å². The van der Waals surface area contributed by atoms with Crippen LogP contribution in [0.1, 0.15) is 187 Å². The monoisotopic (exact) mass is 554 g/mol. The van der Waals surface area contributed by atoms with Crippen LogP contribution in [0.4, 0.5) is 0 Å². The van der Waals surface area contributed by atoms with Crippen LogP contribution in [0, 0.1) is 0 Å². The second-order valence-corrected chi connectivity index (χ2v) is 11.6. The van der Waals surface area contributed by atoms with Crippen LogP contribution in [0.15, 0.2) is 0 Å². The Morgan fingerprint density at radius 1 is 0.487 bits per heavy atom. The number of carbonyl (C=O) groups excluding carboxylic acids is 2. The topological polar surface area (TPSA) is 72.8 Å². The Morgan fingerprint density at radius 3 is 1.13 bits per heavy atom. The van der Waals surface area contributed by atoms with E-state index in [1.54, 1.807) is 0 Å². The average molecular weight is 555 g/mol. The number of rotatable bonds is 31. The van der Waals surface area contributed by atoms with Gasteiger partial charge < -0.3 is 14.6 Å². The molecule has 0 saturated heterocycles. The minimum atomic E-state index is -0.759. The van der Waals surface area contributed by atoms with Crippen molar-refractivity contribution in [3.8, 4) is 0 Å². The van der Waals surface area contributed by atoms with E-state index < -0.39 is 6.10 Å². The average Bonchev–Trinajstić information content (AvgIpc) is 2.94. The van der Waals surface area contributed by atoms with Gasteiger partial charge in [-0.1, -0.05) is 162 Å². The predicted molar refractivity (Wildman–Crippen MR) is 164 cm³/mol. The third-order valence-corrected chi connectivity index (χ3v) is 7.65. The number of hydrogen-bond acceptors (Lipinski definition) is 5. The van der Waals surface area contributed by atoms with Gasteiger partial charge in [0.25, 0.3) is 0 Å². The van der Waals surface area contributed by atoms with E-state index in [0.717, 1.165) is 38.5 Å². The number of aliphatic hydroxyl groups is 1. The second kappa shape index (κ2) is 31.4. The first-order valence-electron chi connectivity index (χ1n) is 17.1. The highest BCUT2D eigenvalue weighted by Crippen LogP contribution is 2.14. The van der Waals surface area contributed by atoms with Crippen LogP contribution in [0.25, 0.3) is 0 Å². The lowest BCUT2D eigenvalue weighted by molar-refractivity contribution is -0.161. The van der Waals surface area contributed by atoms with E-state index in [1.165, 1.54) is 122 Å². The summed E-state index contributed by atoms with van der Waals surface area (Å²) in [5.41, 5.74) is 0. The van der Waals surface area contributed by atoms with Crippen LogP contribution in [0.2, 0.25) is 0 Å². The summed E-state index contributed by atoms with van der Waals surface area (Å²) in [5.74, 6) is -0.582. The van der Waals surface area contributed by atoms with E-state index in [1.807, 2.05) is 0 Å². The number of esters is 2. The van der Waals surface area contributed by atoms with Gasteiger partial charge in [0.05, 0.1) is 6.61 Å². The first-order valence-corrected chi connectivity index (χ1v) is 17.1. The molecule has 0 bridgehead atoms. The zero-order chi connectivity index (χ0) is 28.7. The summed E-state index contributed by atoms with van der Waals surface area (Å²) >= 11 is 0. The molecule has 0 amide bonds. The highest BCUT2D eigenvalue weighted by atomic mass is 16.6. The fourth-order valence-electron chi connectivity index (χ4n) is 5.02. The summed E-state index contributed by atoms with van der Waals surface area (Å²) in [6.07, 6.45) is 31.5. The summed E-state index contributed by atoms with van der Waals surface area (Å²) in [6, 6.07) is 0. The Hall–Kier alpha value is -1.10. The molecule has 5 nitrogen and oxygen atoms in total. The van der Waals surface area contributed by atoms with Crippen molar-refractivity contribution in [3.05, 3.63) is 0 Å². The quantitative estimate of drug-likeness (QED) is 0.0681. The maximum absolute atomic E-state index is 12.1. The molecule has 0 aromatic rings. The van der Waals surface area contributed by atoms with E-state index in [0.29, 0.717) is 12.8 Å². The summed E-state index contributed by atoms with van der Waals surface area (Å²) < 4.78 is 10.5. The third-order valence-electron chi connectivity index (χ3n) is 7.65. The Balaban J connectivity index is 3.52. The van der Waals surface area contributed by atoms with Crippen LogP contribution in [-0.2, 0) is 19.1 Å². The molecule has 1 atom stereocenters. The summed E-state index contributed by atoms with van der Waals surface area (Å²) in [7, 11) is 0. The molecule has 39 heavy (non-hydrogen) atoms. The SMILES string of the molecule is CCCCCCCCCCCCCCCCCC(=O)OC(CO)COC(=O)CCCCCCCCCCCC. The molecule has 0 radical (unpaired) electrons. The molecule has 0 aliphatic heterocycles. The largest absolute Gasteiger partial charge is 0.462 e. The van der Waals surface area contributed by atoms with Crippen molar-refractivity contribution in [2.24, 2.45) is 0 Å². The van der Waals surface area contributed by atoms with E-state index in [2.05, 4.69) is 13.8 Å². The fraction of sp³-hybridized carbons (Fsp3) is 0.941. The summed E-state index contributed by atoms with van der Waals surface area (Å²) in [6.45, 7) is 4.13. The van der Waals surface area contributed by atoms with Gasteiger partial charge in [-0.2, -0.15) is 0 Å². The minimum absolute atomic E-state index is 0.0578. The van der Waals surface area contributed by atoms with Crippen LogP contribution >= 0.6 is 0 Å². The van der Waals surface area contributed by atoms with Gasteiger partial charge in [-0.15, -0.1) is 0 Å². The Morgan fingerprint density at radius 2 is 0.795 bits per heavy atom. The van der Waals surface area contributed by atoms with Gasteiger partial charge in [-0.05, 0) is 12.8 Å². The minimum Gasteiger partial charge on any atom is -0.462 e. The molecule has 5 heteroatoms. The molecule has 0 spiro atoms. The molecule has 232 valence electrons. The highest BCUT2D eigenvalue weighted by Gasteiger charge is 2.16. The van der Waals surface area contributed by atoms with Crippen molar-refractivity contribution in [1.82, 2.24) is 0 Å². The van der Waals surface area contributed by atoms with Gasteiger partial charge in [0.2, 0.25) is 0 Å². The van der Waals surface area contributed by atoms with Crippen LogP contribution in [0.5, 0.6) is 0 Å². The number of carbonyl (C=O) groups is 2. The molecule has 0 rings (SSSR count). The molecule has 0 aromatic heterocycles. The smallest absolute Gasteiger partial charge is 0.306 e. The van der Waals surface area contributed by atoms with Gasteiger partial charge in [0, 0.05) is 12.8 Å². The predicted octanol–water partition coefficient (Wildman–Crippen LogP) is 10.0. The maximum Gasteiger partial charge on any atom is 0.306 e. The zero-order valence-corrected chi connectivity index (χ0v) is 26.2. The molecule has 0 fully saturated rings. The number of unbranched alkanes of at least 4 members (excludes halogenated alkanes) is 23. The van der Waals surface area contributed by atoms with E-state index in [9.17, 15) is 14.7 Å². The van der Waals surface area contributed by atoms with Crippen molar-refractivity contribution < 1.29 is 24.2 Å². The summed E-state index contributed by atoms with van der Waals surface area (Å²) in [5, 5.41) is 9.49. The number of ether oxygens (including phenoxy) is 2. The molecule has 1 unspecified atom stereocenters. The fourth-order valence-corrected chi connectivity index (χ4v) is 5.02. The highest BCUT2D eigenvalue weighted by molar-refractivity contribution is 5.70. The van der Waals surface area contributed by atoms with Gasteiger partial charge in [0.1, 0.15) is 6.61 Å². The van der Waals surface area contributed by atoms with Crippen molar-refractivity contribution in [3.63, 3.8) is 0 Å². The van der Waals surface area contributed by atoms with Crippen molar-refractivity contribution >= 4 is 11.9 Å². The normalized spacial score (nSPS) is 12.0. The summed E-state index contributed by atoms with van der Waals surface area (Å²) in [4.78, 5) is 24.1. The van der Waals surface area contributed by atoms with Crippen LogP contribution in [0.3, 0.4) is 0 Å². The number of hydrogen-bond donors (Lipinski definition) is 1. The molecule has 0 saturated carbocycles. The van der Waals surface area contributed by atoms with E-state index >= 15 is 0 Å². The van der Waals surface area contributed by atoms with Gasteiger partial charge in [-0.3, -0.25) is 9.59 Å². The molecule has 0 aliphatic rings. The first kappa shape index (κ1) is 37.9. The Kier molecular flexibility index (Phi) is 30.5. The lowest BCUT2D eigenvalue weighted by Crippen LogP contribution is -2.28. The molecule has 0 aliphatic carbocycles. The van der Waals surface area contributed by atoms with E-state index in [-0.39, 0.29) is 25.2 Å². The van der Waals surface area contributed by atoms with Crippen molar-refractivity contribution in [1.29, 1.82) is 0 Å². The molecule has 0 aromatic carbocycles. The molecular weight excluding hydrogens is 488 g/mol. The first-order chi connectivity index (χ1) is 19.1. The third kappa shape index (κ3) is 29.7. The van der Waals surface area contributed by atoms with Crippen molar-refractivity contribution in [2.45, 2.75) is 193 Å². The second-order valence-electron chi connectivity index (χ2n) is 11.6. The van der Waals surface area contributed by atoms with Crippen LogP contribution < -0.4 is 0 Å². The standard InChI is InChI=1S/C34H66O5/c1-3-5-7-9-11-13-15-16-17-18-19-21-23-25-27-29-34(37)39-32(30-35)31-38-33(36)28-26-24-22-20-14-12-10-8-6-4-2/h32,35H,3-31H2,1-2H3. The van der Waals surface area contributed by atoms with Gasteiger partial charge in [-0.25, -0.2) is 0 Å². The van der Waals surface area contributed by atoms with Gasteiger partial charge >= 0.3 is 11.9 Å². The number of aliphatic hydroxyl groups excluding tert-OH is 1. The molecule has 0 heterocycles. The Bertz CT molecular complexity index is 522. The maximum atomic E-state index is 12.1. The molecule has 1 N–H and O–H groups in total. The van der Waals surface area contributed by atoms with Crippen LogP contribution in [-0.4, -0.2) is 36.4 Å². The lowest BCUT2D eigenvalue weighted by atomic mass is 10.0. The lowest BCUT2D eigenvalue weighted by Gasteiger charge is -2.15. The molecular formula is C34H66O5.